The Bertz CT molecular complexity index is 701. The van der Waals surface area contributed by atoms with E-state index in [0.717, 1.165) is 83.8 Å². The van der Waals surface area contributed by atoms with Gasteiger partial charge in [-0.3, -0.25) is 14.5 Å². The SMILES string of the molecule is CCCC(CCC)C(=O)NC(CC(C)C)CN1CCC[C@H]1C(=O)NCCCCc1ccccc1. The molecule has 1 aromatic rings. The van der Waals surface area contributed by atoms with E-state index in [2.05, 4.69) is 67.5 Å². The third kappa shape index (κ3) is 10.2. The monoisotopic (exact) mass is 471 g/mol. The van der Waals surface area contributed by atoms with Crippen molar-refractivity contribution in [1.29, 1.82) is 0 Å². The number of likely N-dealkylation sites (tertiary alicyclic amines) is 1. The fraction of sp³-hybridized carbons (Fsp3) is 0.724. The maximum atomic E-state index is 13.0. The molecule has 0 radical (unpaired) electrons. The van der Waals surface area contributed by atoms with Crippen molar-refractivity contribution in [2.24, 2.45) is 11.8 Å². The van der Waals surface area contributed by atoms with E-state index in [9.17, 15) is 9.59 Å². The van der Waals surface area contributed by atoms with Crippen LogP contribution in [-0.4, -0.2) is 48.4 Å². The number of rotatable bonds is 16. The minimum absolute atomic E-state index is 0.0669. The quantitative estimate of drug-likeness (QED) is 0.320. The van der Waals surface area contributed by atoms with Crippen LogP contribution >= 0.6 is 0 Å². The number of hydrogen-bond acceptors (Lipinski definition) is 3. The van der Waals surface area contributed by atoms with Crippen LogP contribution in [0.4, 0.5) is 0 Å². The number of carbonyl (C=O) groups excluding carboxylic acids is 2. The average molecular weight is 472 g/mol. The summed E-state index contributed by atoms with van der Waals surface area (Å²) in [6.07, 6.45) is 10.0. The highest BCUT2D eigenvalue weighted by molar-refractivity contribution is 5.82. The van der Waals surface area contributed by atoms with Crippen LogP contribution in [0.2, 0.25) is 0 Å². The molecule has 1 aliphatic rings. The number of nitrogens with one attached hydrogen (secondary N) is 2. The Hall–Kier alpha value is -1.88. The van der Waals surface area contributed by atoms with Crippen LogP contribution in [0, 0.1) is 11.8 Å². The third-order valence-electron chi connectivity index (χ3n) is 6.90. The highest BCUT2D eigenvalue weighted by Crippen LogP contribution is 2.20. The summed E-state index contributed by atoms with van der Waals surface area (Å²) in [5, 5.41) is 6.55. The average Bonchev–Trinajstić information content (AvgIpc) is 3.27. The number of nitrogens with zero attached hydrogens (tertiary/aromatic N) is 1. The minimum atomic E-state index is -0.0669. The van der Waals surface area contributed by atoms with Gasteiger partial charge in [0.15, 0.2) is 0 Å². The molecule has 5 heteroatoms. The lowest BCUT2D eigenvalue weighted by Gasteiger charge is -2.31. The van der Waals surface area contributed by atoms with Crippen molar-refractivity contribution in [3.05, 3.63) is 35.9 Å². The molecule has 1 fully saturated rings. The predicted octanol–water partition coefficient (Wildman–Crippen LogP) is 5.34. The molecule has 0 aliphatic carbocycles. The van der Waals surface area contributed by atoms with Gasteiger partial charge in [-0.15, -0.1) is 0 Å². The first kappa shape index (κ1) is 28.4. The number of unbranched alkanes of at least 4 members (excludes halogenated alkanes) is 1. The molecule has 5 nitrogen and oxygen atoms in total. The number of aryl methyl sites for hydroxylation is 1. The molecule has 0 aromatic heterocycles. The van der Waals surface area contributed by atoms with Gasteiger partial charge in [0.25, 0.3) is 0 Å². The van der Waals surface area contributed by atoms with Crippen molar-refractivity contribution < 1.29 is 9.59 Å². The van der Waals surface area contributed by atoms with Gasteiger partial charge < -0.3 is 10.6 Å². The molecule has 1 aliphatic heterocycles. The second-order valence-corrected chi connectivity index (χ2v) is 10.5. The van der Waals surface area contributed by atoms with Gasteiger partial charge in [-0.25, -0.2) is 0 Å². The van der Waals surface area contributed by atoms with E-state index in [-0.39, 0.29) is 29.8 Å². The zero-order valence-corrected chi connectivity index (χ0v) is 22.2. The standard InChI is InChI=1S/C29H49N3O2/c1-5-13-25(14-6-2)28(33)31-26(21-23(3)4)22-32-20-12-18-27(32)29(34)30-19-11-10-17-24-15-8-7-9-16-24/h7-9,15-16,23,25-27H,5-6,10-14,17-22H2,1-4H3,(H,30,34)(H,31,33)/t26?,27-/m0/s1. The third-order valence-corrected chi connectivity index (χ3v) is 6.90. The summed E-state index contributed by atoms with van der Waals surface area (Å²) in [4.78, 5) is 28.3. The lowest BCUT2D eigenvalue weighted by molar-refractivity contribution is -0.126. The summed E-state index contributed by atoms with van der Waals surface area (Å²) in [5.74, 6) is 0.966. The lowest BCUT2D eigenvalue weighted by atomic mass is 9.96. The van der Waals surface area contributed by atoms with Crippen LogP contribution in [0.25, 0.3) is 0 Å². The zero-order valence-electron chi connectivity index (χ0n) is 22.2. The van der Waals surface area contributed by atoms with E-state index in [1.807, 2.05) is 6.07 Å². The molecule has 34 heavy (non-hydrogen) atoms. The summed E-state index contributed by atoms with van der Waals surface area (Å²) in [7, 11) is 0. The molecule has 0 saturated carbocycles. The Labute approximate surface area is 208 Å². The summed E-state index contributed by atoms with van der Waals surface area (Å²) in [6.45, 7) is 11.1. The van der Waals surface area contributed by atoms with Crippen LogP contribution in [0.5, 0.6) is 0 Å². The van der Waals surface area contributed by atoms with Gasteiger partial charge >= 0.3 is 0 Å². The number of amides is 2. The topological polar surface area (TPSA) is 61.4 Å². The molecular weight excluding hydrogens is 422 g/mol. The number of carbonyl (C=O) groups is 2. The number of hydrogen-bond donors (Lipinski definition) is 2. The second-order valence-electron chi connectivity index (χ2n) is 10.5. The molecule has 2 N–H and O–H groups in total. The first-order valence-electron chi connectivity index (χ1n) is 13.8. The van der Waals surface area contributed by atoms with E-state index in [0.29, 0.717) is 5.92 Å². The minimum Gasteiger partial charge on any atom is -0.355 e. The molecule has 2 atom stereocenters. The van der Waals surface area contributed by atoms with Crippen molar-refractivity contribution in [2.45, 2.75) is 104 Å². The first-order valence-corrected chi connectivity index (χ1v) is 13.8. The van der Waals surface area contributed by atoms with E-state index < -0.39 is 0 Å². The summed E-state index contributed by atoms with van der Waals surface area (Å²) in [5.41, 5.74) is 1.36. The summed E-state index contributed by atoms with van der Waals surface area (Å²) >= 11 is 0. The Morgan fingerprint density at radius 2 is 1.76 bits per heavy atom. The lowest BCUT2D eigenvalue weighted by Crippen LogP contribution is -2.51. The highest BCUT2D eigenvalue weighted by atomic mass is 16.2. The Morgan fingerprint density at radius 1 is 1.06 bits per heavy atom. The van der Waals surface area contributed by atoms with Crippen molar-refractivity contribution >= 4 is 11.8 Å². The zero-order chi connectivity index (χ0) is 24.8. The van der Waals surface area contributed by atoms with Gasteiger partial charge in [0.05, 0.1) is 6.04 Å². The van der Waals surface area contributed by atoms with Crippen LogP contribution in [0.1, 0.15) is 91.0 Å². The summed E-state index contributed by atoms with van der Waals surface area (Å²) in [6, 6.07) is 10.6. The fourth-order valence-electron chi connectivity index (χ4n) is 5.22. The molecule has 2 amide bonds. The van der Waals surface area contributed by atoms with Crippen LogP contribution < -0.4 is 10.6 Å². The van der Waals surface area contributed by atoms with Crippen LogP contribution in [-0.2, 0) is 16.0 Å². The van der Waals surface area contributed by atoms with Crippen LogP contribution in [0.15, 0.2) is 30.3 Å². The van der Waals surface area contributed by atoms with Gasteiger partial charge in [-0.2, -0.15) is 0 Å². The van der Waals surface area contributed by atoms with E-state index in [4.69, 9.17) is 0 Å². The Kier molecular flexibility index (Phi) is 13.3. The van der Waals surface area contributed by atoms with Gasteiger partial charge in [0.1, 0.15) is 0 Å². The van der Waals surface area contributed by atoms with Gasteiger partial charge in [0, 0.05) is 25.0 Å². The second kappa shape index (κ2) is 15.9. The van der Waals surface area contributed by atoms with Gasteiger partial charge in [-0.05, 0) is 69.4 Å². The van der Waals surface area contributed by atoms with Crippen molar-refractivity contribution in [3.8, 4) is 0 Å². The molecule has 0 spiro atoms. The number of benzene rings is 1. The van der Waals surface area contributed by atoms with Crippen molar-refractivity contribution in [2.75, 3.05) is 19.6 Å². The fourth-order valence-corrected chi connectivity index (χ4v) is 5.22. The first-order chi connectivity index (χ1) is 16.4. The molecular formula is C29H49N3O2. The molecule has 1 unspecified atom stereocenters. The summed E-state index contributed by atoms with van der Waals surface area (Å²) < 4.78 is 0. The Balaban J connectivity index is 1.83. The van der Waals surface area contributed by atoms with E-state index in [1.165, 1.54) is 5.56 Å². The normalized spacial score (nSPS) is 17.3. The van der Waals surface area contributed by atoms with Crippen LogP contribution in [0.3, 0.4) is 0 Å². The molecule has 2 rings (SSSR count). The smallest absolute Gasteiger partial charge is 0.237 e. The maximum Gasteiger partial charge on any atom is 0.237 e. The molecule has 0 bridgehead atoms. The van der Waals surface area contributed by atoms with Gasteiger partial charge in [0.2, 0.25) is 11.8 Å². The molecule has 1 heterocycles. The largest absolute Gasteiger partial charge is 0.355 e. The van der Waals surface area contributed by atoms with Crippen molar-refractivity contribution in [1.82, 2.24) is 15.5 Å². The Morgan fingerprint density at radius 3 is 2.41 bits per heavy atom. The maximum absolute atomic E-state index is 13.0. The van der Waals surface area contributed by atoms with Gasteiger partial charge in [-0.1, -0.05) is 70.9 Å². The van der Waals surface area contributed by atoms with Crippen molar-refractivity contribution in [3.63, 3.8) is 0 Å². The predicted molar refractivity (Wildman–Crippen MR) is 142 cm³/mol. The van der Waals surface area contributed by atoms with E-state index >= 15 is 0 Å². The molecule has 1 aromatic carbocycles. The highest BCUT2D eigenvalue weighted by Gasteiger charge is 2.33. The molecule has 192 valence electrons. The molecule has 1 saturated heterocycles. The van der Waals surface area contributed by atoms with E-state index in [1.54, 1.807) is 0 Å².